The molecule has 0 bridgehead atoms. The number of nitrogens with two attached hydrogens (primary N) is 2. The number of hydrogen-bond acceptors (Lipinski definition) is 5. The first-order valence-corrected chi connectivity index (χ1v) is 6.18. The molecule has 0 amide bonds. The van der Waals surface area contributed by atoms with Crippen molar-refractivity contribution in [2.75, 3.05) is 11.5 Å². The van der Waals surface area contributed by atoms with E-state index in [1.54, 1.807) is 12.4 Å². The number of aryl methyl sites for hydroxylation is 1. The first-order valence-electron chi connectivity index (χ1n) is 4.98. The summed E-state index contributed by atoms with van der Waals surface area (Å²) in [6, 6.07) is 1.42. The van der Waals surface area contributed by atoms with Crippen LogP contribution in [0.5, 0.6) is 0 Å². The zero-order valence-electron chi connectivity index (χ0n) is 9.45. The summed E-state index contributed by atoms with van der Waals surface area (Å²) in [4.78, 5) is 8.31. The van der Waals surface area contributed by atoms with E-state index in [-0.39, 0.29) is 21.3 Å². The molecule has 0 aliphatic rings. The van der Waals surface area contributed by atoms with Gasteiger partial charge in [-0.1, -0.05) is 11.6 Å². The summed E-state index contributed by atoms with van der Waals surface area (Å²) in [6.07, 6.45) is 3.28. The fourth-order valence-corrected chi connectivity index (χ4v) is 2.24. The van der Waals surface area contributed by atoms with Gasteiger partial charge in [0.1, 0.15) is 5.02 Å². The molecular weight excluding hydrogens is 275 g/mol. The Morgan fingerprint density at radius 1 is 1.22 bits per heavy atom. The maximum atomic E-state index is 13.9. The summed E-state index contributed by atoms with van der Waals surface area (Å²) in [6.45, 7) is 1.86. The van der Waals surface area contributed by atoms with Gasteiger partial charge in [0.15, 0.2) is 11.0 Å². The van der Waals surface area contributed by atoms with Gasteiger partial charge in [-0.2, -0.15) is 0 Å². The lowest BCUT2D eigenvalue weighted by molar-refractivity contribution is 0.604. The van der Waals surface area contributed by atoms with Crippen LogP contribution in [0.1, 0.15) is 5.56 Å². The third-order valence-electron chi connectivity index (χ3n) is 2.17. The largest absolute Gasteiger partial charge is 0.398 e. The van der Waals surface area contributed by atoms with Crippen molar-refractivity contribution < 1.29 is 4.39 Å². The summed E-state index contributed by atoms with van der Waals surface area (Å²) in [7, 11) is 0. The molecule has 0 radical (unpaired) electrons. The molecule has 0 aliphatic heterocycles. The van der Waals surface area contributed by atoms with Gasteiger partial charge in [-0.3, -0.25) is 0 Å². The van der Waals surface area contributed by atoms with Crippen molar-refractivity contribution >= 4 is 34.7 Å². The van der Waals surface area contributed by atoms with E-state index in [4.69, 9.17) is 23.1 Å². The van der Waals surface area contributed by atoms with Crippen molar-refractivity contribution in [2.45, 2.75) is 17.0 Å². The first-order chi connectivity index (χ1) is 8.49. The Morgan fingerprint density at radius 2 is 1.83 bits per heavy atom. The topological polar surface area (TPSA) is 77.8 Å². The van der Waals surface area contributed by atoms with Crippen LogP contribution in [0, 0.1) is 12.7 Å². The predicted molar refractivity (Wildman–Crippen MR) is 71.1 cm³/mol. The second kappa shape index (κ2) is 4.99. The number of nitrogen functional groups attached to an aromatic ring is 2. The van der Waals surface area contributed by atoms with Crippen molar-refractivity contribution in [1.29, 1.82) is 0 Å². The van der Waals surface area contributed by atoms with Crippen molar-refractivity contribution in [2.24, 2.45) is 0 Å². The van der Waals surface area contributed by atoms with Gasteiger partial charge in [-0.15, -0.1) is 0 Å². The minimum Gasteiger partial charge on any atom is -0.398 e. The Balaban J connectivity index is 2.40. The molecule has 4 nitrogen and oxygen atoms in total. The number of aromatic nitrogens is 2. The van der Waals surface area contributed by atoms with Gasteiger partial charge >= 0.3 is 0 Å². The Kier molecular flexibility index (Phi) is 3.58. The summed E-state index contributed by atoms with van der Waals surface area (Å²) < 4.78 is 13.9. The van der Waals surface area contributed by atoms with E-state index >= 15 is 0 Å². The quantitative estimate of drug-likeness (QED) is 0.655. The molecule has 18 heavy (non-hydrogen) atoms. The third-order valence-corrected chi connectivity index (χ3v) is 3.57. The van der Waals surface area contributed by atoms with Gasteiger partial charge in [0, 0.05) is 12.4 Å². The second-order valence-electron chi connectivity index (χ2n) is 3.66. The van der Waals surface area contributed by atoms with E-state index in [1.165, 1.54) is 6.07 Å². The standard InChI is InChI=1S/C11H10ClFN4S/c1-5-3-16-11(17-4-5)18-10-7(15)2-6(14)8(12)9(10)13/h2-4H,14-15H2,1H3. The Morgan fingerprint density at radius 3 is 2.44 bits per heavy atom. The van der Waals surface area contributed by atoms with Crippen molar-refractivity contribution in [3.05, 3.63) is 34.9 Å². The Labute approximate surface area is 113 Å². The van der Waals surface area contributed by atoms with Crippen LogP contribution in [-0.4, -0.2) is 9.97 Å². The summed E-state index contributed by atoms with van der Waals surface area (Å²) >= 11 is 6.75. The second-order valence-corrected chi connectivity index (χ2v) is 5.01. The number of halogens is 2. The molecule has 0 fully saturated rings. The maximum Gasteiger partial charge on any atom is 0.192 e. The monoisotopic (exact) mass is 284 g/mol. The number of hydrogen-bond donors (Lipinski definition) is 2. The van der Waals surface area contributed by atoms with E-state index < -0.39 is 5.82 Å². The van der Waals surface area contributed by atoms with Crippen LogP contribution in [0.25, 0.3) is 0 Å². The van der Waals surface area contributed by atoms with Crippen LogP contribution < -0.4 is 11.5 Å². The van der Waals surface area contributed by atoms with Crippen molar-refractivity contribution in [1.82, 2.24) is 9.97 Å². The smallest absolute Gasteiger partial charge is 0.192 e. The van der Waals surface area contributed by atoms with Crippen LogP contribution in [-0.2, 0) is 0 Å². The van der Waals surface area contributed by atoms with E-state index in [1.807, 2.05) is 6.92 Å². The van der Waals surface area contributed by atoms with Gasteiger partial charge < -0.3 is 11.5 Å². The molecule has 0 saturated heterocycles. The highest BCUT2D eigenvalue weighted by Gasteiger charge is 2.16. The number of anilines is 2. The average Bonchev–Trinajstić information content (AvgIpc) is 2.34. The molecule has 1 heterocycles. The fourth-order valence-electron chi connectivity index (χ4n) is 1.28. The molecule has 1 aromatic heterocycles. The lowest BCUT2D eigenvalue weighted by atomic mass is 10.3. The van der Waals surface area contributed by atoms with Crippen LogP contribution in [0.15, 0.2) is 28.5 Å². The first kappa shape index (κ1) is 12.9. The van der Waals surface area contributed by atoms with E-state index in [9.17, 15) is 4.39 Å². The normalized spacial score (nSPS) is 10.6. The van der Waals surface area contributed by atoms with E-state index in [0.717, 1.165) is 17.3 Å². The van der Waals surface area contributed by atoms with E-state index in [2.05, 4.69) is 9.97 Å². The highest BCUT2D eigenvalue weighted by molar-refractivity contribution is 7.99. The Bertz CT molecular complexity index is 589. The average molecular weight is 285 g/mol. The van der Waals surface area contributed by atoms with Gasteiger partial charge in [0.05, 0.1) is 16.3 Å². The van der Waals surface area contributed by atoms with Gasteiger partial charge in [-0.25, -0.2) is 14.4 Å². The number of rotatable bonds is 2. The van der Waals surface area contributed by atoms with Crippen LogP contribution in [0.3, 0.4) is 0 Å². The number of nitrogens with zero attached hydrogens (tertiary/aromatic N) is 2. The zero-order valence-corrected chi connectivity index (χ0v) is 11.0. The highest BCUT2D eigenvalue weighted by Crippen LogP contribution is 2.38. The molecule has 2 rings (SSSR count). The molecule has 0 spiro atoms. The fraction of sp³-hybridized carbons (Fsp3) is 0.0909. The summed E-state index contributed by atoms with van der Waals surface area (Å²) in [5, 5.41) is 0.255. The lowest BCUT2D eigenvalue weighted by Gasteiger charge is -2.09. The van der Waals surface area contributed by atoms with Crippen LogP contribution in [0.2, 0.25) is 5.02 Å². The molecule has 0 atom stereocenters. The molecule has 7 heteroatoms. The molecular formula is C11H10ClFN4S. The molecule has 0 saturated carbocycles. The van der Waals surface area contributed by atoms with Crippen LogP contribution >= 0.6 is 23.4 Å². The summed E-state index contributed by atoms with van der Waals surface area (Å²) in [5.74, 6) is -0.650. The summed E-state index contributed by atoms with van der Waals surface area (Å²) in [5.41, 5.74) is 12.5. The third kappa shape index (κ3) is 2.49. The molecule has 4 N–H and O–H groups in total. The lowest BCUT2D eigenvalue weighted by Crippen LogP contribution is -1.98. The van der Waals surface area contributed by atoms with Crippen LogP contribution in [0.4, 0.5) is 15.8 Å². The molecule has 1 aromatic carbocycles. The molecule has 0 aliphatic carbocycles. The van der Waals surface area contributed by atoms with E-state index in [0.29, 0.717) is 5.16 Å². The van der Waals surface area contributed by atoms with Gasteiger partial charge in [0.2, 0.25) is 0 Å². The molecule has 94 valence electrons. The van der Waals surface area contributed by atoms with Gasteiger partial charge in [0.25, 0.3) is 0 Å². The maximum absolute atomic E-state index is 13.9. The molecule has 0 unspecified atom stereocenters. The van der Waals surface area contributed by atoms with Crippen molar-refractivity contribution in [3.8, 4) is 0 Å². The minimum atomic E-state index is -0.650. The minimum absolute atomic E-state index is 0.112. The van der Waals surface area contributed by atoms with Gasteiger partial charge in [-0.05, 0) is 30.3 Å². The zero-order chi connectivity index (χ0) is 13.3. The predicted octanol–water partition coefficient (Wildman–Crippen LogP) is 2.89. The SMILES string of the molecule is Cc1cnc(Sc2c(N)cc(N)c(Cl)c2F)nc1. The highest BCUT2D eigenvalue weighted by atomic mass is 35.5. The van der Waals surface area contributed by atoms with Crippen molar-refractivity contribution in [3.63, 3.8) is 0 Å². The number of benzene rings is 1. The Hall–Kier alpha value is -1.53. The molecule has 2 aromatic rings.